The number of hydrogen-bond acceptors (Lipinski definition) is 12. The number of rotatable bonds is 9. The molecule has 53 heavy (non-hydrogen) atoms. The van der Waals surface area contributed by atoms with Gasteiger partial charge in [0.1, 0.15) is 24.4 Å². The molecule has 300 valence electrons. The smallest absolute Gasteiger partial charge is 0.306 e. The van der Waals surface area contributed by atoms with Crippen LogP contribution in [0.25, 0.3) is 0 Å². The van der Waals surface area contributed by atoms with E-state index < -0.39 is 12.4 Å². The summed E-state index contributed by atoms with van der Waals surface area (Å²) in [6, 6.07) is 0.946. The highest BCUT2D eigenvalue weighted by Gasteiger charge is 2.65. The van der Waals surface area contributed by atoms with E-state index >= 15 is 0 Å². The van der Waals surface area contributed by atoms with Gasteiger partial charge < -0.3 is 48.1 Å². The number of carbonyl (C=O) groups is 2. The Bertz CT molecular complexity index is 1330. The molecule has 3 unspecified atom stereocenters. The fourth-order valence-corrected chi connectivity index (χ4v) is 11.5. The second kappa shape index (κ2) is 16.5. The molecule has 0 amide bonds. The van der Waals surface area contributed by atoms with Gasteiger partial charge in [-0.1, -0.05) is 19.9 Å². The standard InChI is InChI=1S/C41H66N2O10/c1-10-23-12-11-13-31(53-33-15-14-30(43(5)6)21(3)49-33)20(2)37(45)29-18-26-25-16-24(52-41-40(48-9)39(47-8)38(46-7)22(4)50-41)17-28(25)35-36(42-35)34(26)27(29)19-32(44)51-23/h18,20-28,30-31,33-36,38-42H,10-17,19H2,1-9H3/t20-,21?,22?,23+,24+,25+,26+,27-,28-,30+,31+,33+,34-,35-,36+,38+,39?,40+,41+/m1/s1. The molecule has 0 radical (unpaired) electrons. The molecule has 0 aromatic heterocycles. The molecular formula is C41H66N2O10. The second-order valence-electron chi connectivity index (χ2n) is 17.3. The summed E-state index contributed by atoms with van der Waals surface area (Å²) < 4.78 is 49.8. The van der Waals surface area contributed by atoms with Crippen LogP contribution in [0.4, 0.5) is 0 Å². The second-order valence-corrected chi connectivity index (χ2v) is 17.3. The van der Waals surface area contributed by atoms with Crippen molar-refractivity contribution in [3.8, 4) is 0 Å². The first-order valence-electron chi connectivity index (χ1n) is 20.6. The molecule has 12 nitrogen and oxygen atoms in total. The first-order valence-corrected chi connectivity index (χ1v) is 20.6. The van der Waals surface area contributed by atoms with Crippen LogP contribution in [-0.4, -0.2) is 132 Å². The minimum absolute atomic E-state index is 0.0316. The van der Waals surface area contributed by atoms with Crippen molar-refractivity contribution in [2.45, 2.75) is 165 Å². The van der Waals surface area contributed by atoms with E-state index in [1.807, 2.05) is 13.8 Å². The number of likely N-dealkylation sites (N-methyl/N-ethyl adjacent to an activating group) is 1. The highest BCUT2D eigenvalue weighted by Crippen LogP contribution is 2.60. The zero-order valence-corrected chi connectivity index (χ0v) is 33.4. The largest absolute Gasteiger partial charge is 0.462 e. The predicted molar refractivity (Wildman–Crippen MR) is 196 cm³/mol. The Kier molecular flexibility index (Phi) is 12.4. The van der Waals surface area contributed by atoms with Crippen LogP contribution >= 0.6 is 0 Å². The topological polar surface area (TPSA) is 133 Å². The Morgan fingerprint density at radius 2 is 1.58 bits per heavy atom. The molecule has 4 aliphatic heterocycles. The van der Waals surface area contributed by atoms with E-state index in [2.05, 4.69) is 44.2 Å². The normalized spacial score (nSPS) is 48.8. The Balaban J connectivity index is 1.11. The van der Waals surface area contributed by atoms with Gasteiger partial charge in [0.05, 0.1) is 30.8 Å². The van der Waals surface area contributed by atoms with Crippen molar-refractivity contribution in [2.24, 2.45) is 35.5 Å². The lowest BCUT2D eigenvalue weighted by molar-refractivity contribution is -0.314. The fourth-order valence-electron chi connectivity index (χ4n) is 11.5. The number of fused-ring (bicyclic) bond motifs is 8. The van der Waals surface area contributed by atoms with Crippen molar-refractivity contribution < 1.29 is 47.5 Å². The summed E-state index contributed by atoms with van der Waals surface area (Å²) in [4.78, 5) is 30.6. The molecular weight excluding hydrogens is 680 g/mol. The molecule has 4 heterocycles. The quantitative estimate of drug-likeness (QED) is 0.267. The monoisotopic (exact) mass is 746 g/mol. The zero-order valence-electron chi connectivity index (χ0n) is 33.4. The van der Waals surface area contributed by atoms with E-state index in [1.165, 1.54) is 0 Å². The first kappa shape index (κ1) is 39.7. The van der Waals surface area contributed by atoms with E-state index in [1.54, 1.807) is 21.3 Å². The molecule has 6 fully saturated rings. The Morgan fingerprint density at radius 1 is 0.849 bits per heavy atom. The number of nitrogens with one attached hydrogen (secondary N) is 1. The highest BCUT2D eigenvalue weighted by atomic mass is 16.7. The van der Waals surface area contributed by atoms with Crippen LogP contribution in [0.5, 0.6) is 0 Å². The summed E-state index contributed by atoms with van der Waals surface area (Å²) in [6.45, 7) is 8.21. The highest BCUT2D eigenvalue weighted by molar-refractivity contribution is 5.99. The predicted octanol–water partition coefficient (Wildman–Crippen LogP) is 4.27. The maximum Gasteiger partial charge on any atom is 0.306 e. The van der Waals surface area contributed by atoms with Gasteiger partial charge in [-0.3, -0.25) is 9.59 Å². The Morgan fingerprint density at radius 3 is 2.26 bits per heavy atom. The molecule has 19 atom stereocenters. The minimum Gasteiger partial charge on any atom is -0.462 e. The zero-order chi connectivity index (χ0) is 37.7. The average molecular weight is 747 g/mol. The number of cyclic esters (lactones) is 1. The molecule has 0 aromatic rings. The Hall–Kier alpha value is -1.48. The van der Waals surface area contributed by atoms with Gasteiger partial charge in [0, 0.05) is 51.3 Å². The molecule has 2 saturated carbocycles. The van der Waals surface area contributed by atoms with Gasteiger partial charge >= 0.3 is 5.97 Å². The lowest BCUT2D eigenvalue weighted by Crippen LogP contribution is -2.59. The van der Waals surface area contributed by atoms with Crippen LogP contribution in [0, 0.1) is 35.5 Å². The summed E-state index contributed by atoms with van der Waals surface area (Å²) in [5, 5.41) is 3.82. The molecule has 3 aliphatic carbocycles. The Labute approximate surface area is 316 Å². The van der Waals surface area contributed by atoms with Gasteiger partial charge in [-0.25, -0.2) is 0 Å². The van der Waals surface area contributed by atoms with Crippen molar-refractivity contribution in [1.82, 2.24) is 10.2 Å². The number of carbonyl (C=O) groups excluding carboxylic acids is 2. The average Bonchev–Trinajstić information content (AvgIpc) is 3.67. The molecule has 0 bridgehead atoms. The van der Waals surface area contributed by atoms with Crippen LogP contribution in [0.15, 0.2) is 11.6 Å². The number of Topliss-reactive ketones (excluding diaryl/α,β-unsaturated/α-hetero) is 1. The third kappa shape index (κ3) is 7.80. The molecule has 7 rings (SSSR count). The van der Waals surface area contributed by atoms with Crippen LogP contribution < -0.4 is 5.32 Å². The summed E-state index contributed by atoms with van der Waals surface area (Å²) in [7, 11) is 9.18. The number of hydrogen-bond donors (Lipinski definition) is 1. The number of ether oxygens (including phenoxy) is 8. The summed E-state index contributed by atoms with van der Waals surface area (Å²) in [5.41, 5.74) is 0.798. The van der Waals surface area contributed by atoms with Crippen LogP contribution in [0.1, 0.15) is 85.5 Å². The van der Waals surface area contributed by atoms with Crippen LogP contribution in [0.2, 0.25) is 0 Å². The van der Waals surface area contributed by atoms with Crippen molar-refractivity contribution >= 4 is 11.8 Å². The van der Waals surface area contributed by atoms with Gasteiger partial charge in [-0.05, 0) is 109 Å². The van der Waals surface area contributed by atoms with Gasteiger partial charge in [0.25, 0.3) is 0 Å². The molecule has 7 aliphatic rings. The maximum atomic E-state index is 14.8. The fraction of sp³-hybridized carbons (Fsp3) is 0.902. The van der Waals surface area contributed by atoms with E-state index in [4.69, 9.17) is 37.9 Å². The summed E-state index contributed by atoms with van der Waals surface area (Å²) >= 11 is 0. The maximum absolute atomic E-state index is 14.8. The van der Waals surface area contributed by atoms with Gasteiger partial charge in [0.2, 0.25) is 0 Å². The van der Waals surface area contributed by atoms with Crippen LogP contribution in [0.3, 0.4) is 0 Å². The number of methoxy groups -OCH3 is 3. The molecule has 4 saturated heterocycles. The van der Waals surface area contributed by atoms with Crippen molar-refractivity contribution in [3.63, 3.8) is 0 Å². The third-order valence-corrected chi connectivity index (χ3v) is 14.2. The number of allylic oxidation sites excluding steroid dienone is 2. The number of esters is 1. The molecule has 0 aromatic carbocycles. The third-order valence-electron chi connectivity index (χ3n) is 14.2. The van der Waals surface area contributed by atoms with E-state index in [0.717, 1.165) is 50.5 Å². The molecule has 1 N–H and O–H groups in total. The minimum atomic E-state index is -0.585. The van der Waals surface area contributed by atoms with Crippen molar-refractivity contribution in [3.05, 3.63) is 11.6 Å². The lowest BCUT2D eigenvalue weighted by Gasteiger charge is -2.44. The van der Waals surface area contributed by atoms with E-state index in [-0.39, 0.29) is 96.9 Å². The van der Waals surface area contributed by atoms with Crippen molar-refractivity contribution in [2.75, 3.05) is 35.4 Å². The molecule has 0 spiro atoms. The lowest BCUT2D eigenvalue weighted by atomic mass is 9.66. The van der Waals surface area contributed by atoms with Gasteiger partial charge in [-0.2, -0.15) is 0 Å². The van der Waals surface area contributed by atoms with E-state index in [0.29, 0.717) is 30.3 Å². The summed E-state index contributed by atoms with van der Waals surface area (Å²) in [6.07, 6.45) is 6.49. The SMILES string of the molecule is CC[C@H]1CCC[C@H](O[C@H]2CC[C@H](N(C)C)C(C)O2)[C@@H](C)C(=O)C2=C[C@H]3[C@@H]4C[C@H](O[C@@H]5OC(C)[C@H](OC)C(OC)[C@@H]5OC)C[C@H]4[C@H]4N[C@H]4[C@H]3[C@@H]2CC(=O)O1. The van der Waals surface area contributed by atoms with Gasteiger partial charge in [0.15, 0.2) is 18.4 Å². The van der Waals surface area contributed by atoms with E-state index in [9.17, 15) is 9.59 Å². The van der Waals surface area contributed by atoms with Gasteiger partial charge in [-0.15, -0.1) is 0 Å². The number of nitrogens with zero attached hydrogens (tertiary/aromatic N) is 1. The molecule has 12 heteroatoms. The first-order chi connectivity index (χ1) is 25.5. The summed E-state index contributed by atoms with van der Waals surface area (Å²) in [5.74, 6) is 0.423. The van der Waals surface area contributed by atoms with Crippen LogP contribution in [-0.2, 0) is 47.5 Å². The number of ketones is 1. The van der Waals surface area contributed by atoms with Crippen molar-refractivity contribution in [1.29, 1.82) is 0 Å².